The van der Waals surface area contributed by atoms with Crippen LogP contribution in [0.4, 0.5) is 19.2 Å². The van der Waals surface area contributed by atoms with Gasteiger partial charge in [-0.3, -0.25) is 0 Å². The zero-order valence-electron chi connectivity index (χ0n) is 8.25. The minimum atomic E-state index is -4.46. The van der Waals surface area contributed by atoms with Crippen LogP contribution in [0.15, 0.2) is 28.9 Å². The highest BCUT2D eigenvalue weighted by Crippen LogP contribution is 2.34. The van der Waals surface area contributed by atoms with Gasteiger partial charge in [-0.05, 0) is 18.2 Å². The molecule has 1 aromatic heterocycles. The highest BCUT2D eigenvalue weighted by atomic mass is 35.5. The fraction of sp³-hybridized carbons (Fsp3) is 0.100. The molecule has 0 saturated carbocycles. The van der Waals surface area contributed by atoms with E-state index in [1.165, 1.54) is 12.3 Å². The molecule has 0 aliphatic carbocycles. The van der Waals surface area contributed by atoms with Gasteiger partial charge in [0.25, 0.3) is 6.01 Å². The largest absolute Gasteiger partial charge is 0.432 e. The maximum Gasteiger partial charge on any atom is 0.416 e. The van der Waals surface area contributed by atoms with E-state index < -0.39 is 11.7 Å². The second-order valence-corrected chi connectivity index (χ2v) is 3.73. The van der Waals surface area contributed by atoms with Gasteiger partial charge in [-0.2, -0.15) is 18.2 Å². The van der Waals surface area contributed by atoms with Crippen LogP contribution in [0, 0.1) is 0 Å². The van der Waals surface area contributed by atoms with E-state index in [9.17, 15) is 13.2 Å². The topological polar surface area (TPSA) is 52.0 Å². The van der Waals surface area contributed by atoms with Crippen LogP contribution in [0.5, 0.6) is 0 Å². The molecule has 0 aliphatic rings. The van der Waals surface area contributed by atoms with Gasteiger partial charge in [0.15, 0.2) is 0 Å². The number of aromatic nitrogens is 1. The van der Waals surface area contributed by atoms with Gasteiger partial charge in [0.05, 0.1) is 5.56 Å². The molecule has 7 heteroatoms. The zero-order valence-corrected chi connectivity index (χ0v) is 9.01. The van der Waals surface area contributed by atoms with Crippen molar-refractivity contribution >= 4 is 17.6 Å². The summed E-state index contributed by atoms with van der Waals surface area (Å²) in [6.07, 6.45) is -3.30. The molecule has 0 radical (unpaired) electrons. The van der Waals surface area contributed by atoms with Crippen LogP contribution in [0.3, 0.4) is 0 Å². The number of halogens is 4. The summed E-state index contributed by atoms with van der Waals surface area (Å²) in [5.74, 6) is 0. The Kier molecular flexibility index (Phi) is 2.74. The molecule has 2 aromatic rings. The Morgan fingerprint density at radius 3 is 2.47 bits per heavy atom. The standard InChI is InChI=1S/C10H6ClF3N2O/c11-7-2-5(8-4-17-9(15)16-8)1-6(3-7)10(12,13)14/h1-4H,(H2,15,16). The van der Waals surface area contributed by atoms with E-state index >= 15 is 0 Å². The molecule has 0 spiro atoms. The van der Waals surface area contributed by atoms with Crippen LogP contribution in [-0.4, -0.2) is 4.98 Å². The van der Waals surface area contributed by atoms with E-state index in [0.29, 0.717) is 0 Å². The molecule has 2 rings (SSSR count). The Labute approximate surface area is 99.0 Å². The van der Waals surface area contributed by atoms with E-state index in [2.05, 4.69) is 4.98 Å². The number of anilines is 1. The van der Waals surface area contributed by atoms with Crippen molar-refractivity contribution in [3.05, 3.63) is 35.0 Å². The van der Waals surface area contributed by atoms with Crippen LogP contribution in [0.2, 0.25) is 5.02 Å². The van der Waals surface area contributed by atoms with Crippen molar-refractivity contribution in [3.63, 3.8) is 0 Å². The first-order valence-corrected chi connectivity index (χ1v) is 4.83. The van der Waals surface area contributed by atoms with Gasteiger partial charge < -0.3 is 10.2 Å². The van der Waals surface area contributed by atoms with E-state index in [4.69, 9.17) is 21.8 Å². The lowest BCUT2D eigenvalue weighted by molar-refractivity contribution is -0.137. The Morgan fingerprint density at radius 1 is 1.24 bits per heavy atom. The van der Waals surface area contributed by atoms with Crippen molar-refractivity contribution in [1.82, 2.24) is 4.98 Å². The van der Waals surface area contributed by atoms with Crippen molar-refractivity contribution in [1.29, 1.82) is 0 Å². The van der Waals surface area contributed by atoms with Gasteiger partial charge in [0, 0.05) is 10.6 Å². The number of nitrogens with zero attached hydrogens (tertiary/aromatic N) is 1. The van der Waals surface area contributed by atoms with Crippen molar-refractivity contribution in [2.75, 3.05) is 5.73 Å². The molecule has 0 saturated heterocycles. The van der Waals surface area contributed by atoms with Gasteiger partial charge in [-0.1, -0.05) is 11.6 Å². The van der Waals surface area contributed by atoms with Crippen molar-refractivity contribution in [3.8, 4) is 11.3 Å². The molecule has 2 N–H and O–H groups in total. The Morgan fingerprint density at radius 2 is 1.94 bits per heavy atom. The van der Waals surface area contributed by atoms with Gasteiger partial charge in [-0.25, -0.2) is 0 Å². The van der Waals surface area contributed by atoms with E-state index in [1.807, 2.05) is 0 Å². The second kappa shape index (κ2) is 3.96. The molecule has 0 aliphatic heterocycles. The fourth-order valence-electron chi connectivity index (χ4n) is 1.32. The summed E-state index contributed by atoms with van der Waals surface area (Å²) in [6, 6.07) is 3.01. The molecule has 0 fully saturated rings. The predicted octanol–water partition coefficient (Wildman–Crippen LogP) is 3.60. The SMILES string of the molecule is Nc1nc(-c2cc(Cl)cc(C(F)(F)F)c2)co1. The number of oxazole rings is 1. The quantitative estimate of drug-likeness (QED) is 0.854. The second-order valence-electron chi connectivity index (χ2n) is 3.30. The van der Waals surface area contributed by atoms with Crippen molar-refractivity contribution < 1.29 is 17.6 Å². The smallest absolute Gasteiger partial charge is 0.416 e. The summed E-state index contributed by atoms with van der Waals surface area (Å²) in [7, 11) is 0. The average molecular weight is 263 g/mol. The summed E-state index contributed by atoms with van der Waals surface area (Å²) in [6.45, 7) is 0. The molecule has 17 heavy (non-hydrogen) atoms. The molecule has 1 heterocycles. The summed E-state index contributed by atoms with van der Waals surface area (Å²) >= 11 is 5.62. The molecule has 0 amide bonds. The molecular formula is C10H6ClF3N2O. The lowest BCUT2D eigenvalue weighted by Gasteiger charge is -2.08. The normalized spacial score (nSPS) is 11.8. The summed E-state index contributed by atoms with van der Waals surface area (Å²) in [4.78, 5) is 3.73. The van der Waals surface area contributed by atoms with E-state index in [-0.39, 0.29) is 22.3 Å². The third-order valence-corrected chi connectivity index (χ3v) is 2.26. The molecule has 1 aromatic carbocycles. The maximum atomic E-state index is 12.5. The van der Waals surface area contributed by atoms with E-state index in [0.717, 1.165) is 12.1 Å². The molecule has 0 unspecified atom stereocenters. The number of alkyl halides is 3. The molecule has 90 valence electrons. The first-order chi connectivity index (χ1) is 7.86. The number of benzene rings is 1. The third-order valence-electron chi connectivity index (χ3n) is 2.04. The van der Waals surface area contributed by atoms with Gasteiger partial charge in [-0.15, -0.1) is 0 Å². The Hall–Kier alpha value is -1.69. The predicted molar refractivity (Wildman–Crippen MR) is 56.4 cm³/mol. The highest BCUT2D eigenvalue weighted by molar-refractivity contribution is 6.30. The maximum absolute atomic E-state index is 12.5. The first-order valence-electron chi connectivity index (χ1n) is 4.45. The molecule has 0 bridgehead atoms. The minimum Gasteiger partial charge on any atom is -0.432 e. The monoisotopic (exact) mass is 262 g/mol. The van der Waals surface area contributed by atoms with Gasteiger partial charge >= 0.3 is 6.18 Å². The van der Waals surface area contributed by atoms with Gasteiger partial charge in [0.2, 0.25) is 0 Å². The third kappa shape index (κ3) is 2.52. The fourth-order valence-corrected chi connectivity index (χ4v) is 1.56. The van der Waals surface area contributed by atoms with Crippen molar-refractivity contribution in [2.45, 2.75) is 6.18 Å². The van der Waals surface area contributed by atoms with Crippen molar-refractivity contribution in [2.24, 2.45) is 0 Å². The number of hydrogen-bond donors (Lipinski definition) is 1. The Balaban J connectivity index is 2.52. The summed E-state index contributed by atoms with van der Waals surface area (Å²) in [5, 5.41) is -0.0311. The van der Waals surface area contributed by atoms with Crippen LogP contribution in [0.25, 0.3) is 11.3 Å². The highest BCUT2D eigenvalue weighted by Gasteiger charge is 2.31. The number of nitrogens with two attached hydrogens (primary N) is 1. The van der Waals surface area contributed by atoms with Crippen LogP contribution < -0.4 is 5.73 Å². The summed E-state index contributed by atoms with van der Waals surface area (Å²) in [5.41, 5.74) is 4.80. The first kappa shape index (κ1) is 11.8. The lowest BCUT2D eigenvalue weighted by atomic mass is 10.1. The van der Waals surface area contributed by atoms with E-state index in [1.54, 1.807) is 0 Å². The number of rotatable bonds is 1. The van der Waals surface area contributed by atoms with Crippen LogP contribution in [-0.2, 0) is 6.18 Å². The van der Waals surface area contributed by atoms with Crippen LogP contribution in [0.1, 0.15) is 5.56 Å². The summed E-state index contributed by atoms with van der Waals surface area (Å²) < 4.78 is 42.4. The zero-order chi connectivity index (χ0) is 12.6. The number of nitrogen functional groups attached to an aromatic ring is 1. The number of hydrogen-bond acceptors (Lipinski definition) is 3. The Bertz CT molecular complexity index is 551. The molecule has 0 atom stereocenters. The lowest BCUT2D eigenvalue weighted by Crippen LogP contribution is -2.04. The minimum absolute atomic E-state index is 0.0311. The van der Waals surface area contributed by atoms with Crippen LogP contribution >= 0.6 is 11.6 Å². The average Bonchev–Trinajstić information content (AvgIpc) is 2.62. The molecular weight excluding hydrogens is 257 g/mol. The van der Waals surface area contributed by atoms with Gasteiger partial charge in [0.1, 0.15) is 12.0 Å². The molecule has 3 nitrogen and oxygen atoms in total.